The third kappa shape index (κ3) is 6.84. The van der Waals surface area contributed by atoms with E-state index in [-0.39, 0.29) is 5.41 Å². The van der Waals surface area contributed by atoms with Crippen LogP contribution in [0.15, 0.2) is 53.9 Å². The van der Waals surface area contributed by atoms with Gasteiger partial charge in [-0.3, -0.25) is 0 Å². The number of hydrogen-bond acceptors (Lipinski definition) is 6. The molecule has 1 aromatic carbocycles. The fourth-order valence-corrected chi connectivity index (χ4v) is 4.51. The van der Waals surface area contributed by atoms with Gasteiger partial charge in [-0.15, -0.1) is 0 Å². The van der Waals surface area contributed by atoms with Gasteiger partial charge in [-0.2, -0.15) is 0 Å². The van der Waals surface area contributed by atoms with E-state index < -0.39 is 0 Å². The summed E-state index contributed by atoms with van der Waals surface area (Å²) < 4.78 is 11.7. The molecule has 2 aliphatic heterocycles. The highest BCUT2D eigenvalue weighted by atomic mass is 16.5. The lowest BCUT2D eigenvalue weighted by molar-refractivity contribution is 0.0408. The Balaban J connectivity index is 1.58. The van der Waals surface area contributed by atoms with Crippen LogP contribution in [0.4, 0.5) is 0 Å². The maximum Gasteiger partial charge on any atom is 0.120 e. The Bertz CT molecular complexity index is 732. The SMILES string of the molecule is C=C(/N=C\C=C/N)N(C)CC1(c2ccc(OCCCN3CCCC3)cc2)CCOCC1. The number of aliphatic imine (C=N–C) groups is 1. The summed E-state index contributed by atoms with van der Waals surface area (Å²) in [7, 11) is 2.04. The first-order valence-corrected chi connectivity index (χ1v) is 11.5. The summed E-state index contributed by atoms with van der Waals surface area (Å²) >= 11 is 0. The molecule has 0 atom stereocenters. The first-order valence-electron chi connectivity index (χ1n) is 11.5. The fraction of sp³-hybridized carbons (Fsp3) is 0.560. The predicted octanol–water partition coefficient (Wildman–Crippen LogP) is 3.55. The van der Waals surface area contributed by atoms with E-state index in [1.54, 1.807) is 12.3 Å². The Kier molecular flexibility index (Phi) is 8.98. The number of nitrogens with zero attached hydrogens (tertiary/aromatic N) is 3. The number of ether oxygens (including phenoxy) is 2. The van der Waals surface area contributed by atoms with Gasteiger partial charge in [0, 0.05) is 45.0 Å². The molecule has 6 heteroatoms. The van der Waals surface area contributed by atoms with Crippen molar-refractivity contribution >= 4 is 6.21 Å². The first kappa shape index (κ1) is 23.4. The summed E-state index contributed by atoms with van der Waals surface area (Å²) in [6.07, 6.45) is 10.6. The van der Waals surface area contributed by atoms with Gasteiger partial charge in [0.05, 0.1) is 6.61 Å². The molecule has 2 aliphatic rings. The molecule has 6 nitrogen and oxygen atoms in total. The van der Waals surface area contributed by atoms with Crippen LogP contribution < -0.4 is 10.5 Å². The Hall–Kier alpha value is -2.31. The zero-order chi connectivity index (χ0) is 21.9. The zero-order valence-electron chi connectivity index (χ0n) is 19.0. The number of hydrogen-bond donors (Lipinski definition) is 1. The van der Waals surface area contributed by atoms with E-state index in [1.807, 2.05) is 7.05 Å². The number of benzene rings is 1. The number of likely N-dealkylation sites (tertiary alicyclic amines) is 1. The molecule has 0 radical (unpaired) electrons. The van der Waals surface area contributed by atoms with Crippen LogP contribution in [0.1, 0.15) is 37.7 Å². The van der Waals surface area contributed by atoms with Crippen LogP contribution in [-0.2, 0) is 10.2 Å². The number of rotatable bonds is 11. The summed E-state index contributed by atoms with van der Waals surface area (Å²) in [5.41, 5.74) is 6.72. The molecular weight excluding hydrogens is 388 g/mol. The average molecular weight is 427 g/mol. The quantitative estimate of drug-likeness (QED) is 0.433. The van der Waals surface area contributed by atoms with E-state index in [0.717, 1.165) is 63.7 Å². The Morgan fingerprint density at radius 3 is 2.65 bits per heavy atom. The number of allylic oxidation sites excluding steroid dienone is 1. The van der Waals surface area contributed by atoms with Crippen molar-refractivity contribution in [1.29, 1.82) is 0 Å². The molecule has 0 amide bonds. The minimum Gasteiger partial charge on any atom is -0.494 e. The molecule has 0 unspecified atom stereocenters. The van der Waals surface area contributed by atoms with Gasteiger partial charge in [0.15, 0.2) is 0 Å². The molecule has 31 heavy (non-hydrogen) atoms. The van der Waals surface area contributed by atoms with Crippen LogP contribution in [0.5, 0.6) is 5.75 Å². The molecule has 0 aromatic heterocycles. The molecule has 0 saturated carbocycles. The van der Waals surface area contributed by atoms with Gasteiger partial charge in [-0.1, -0.05) is 18.7 Å². The smallest absolute Gasteiger partial charge is 0.120 e. The monoisotopic (exact) mass is 426 g/mol. The second-order valence-corrected chi connectivity index (χ2v) is 8.60. The molecule has 3 rings (SSSR count). The van der Waals surface area contributed by atoms with Gasteiger partial charge in [0.25, 0.3) is 0 Å². The lowest BCUT2D eigenvalue weighted by atomic mass is 9.73. The Morgan fingerprint density at radius 2 is 1.97 bits per heavy atom. The molecular formula is C25H38N4O2. The van der Waals surface area contributed by atoms with Gasteiger partial charge < -0.3 is 25.0 Å². The standard InChI is InChI=1S/C25H38N4O2/c1-22(27-14-5-13-26)28(2)21-25(11-19-30-20-12-25)23-7-9-24(10-8-23)31-18-6-17-29-15-3-4-16-29/h5,7-10,13-14H,1,3-4,6,11-12,15-21,26H2,2H3/b13-5-,27-14-. The second kappa shape index (κ2) is 11.9. The highest BCUT2D eigenvalue weighted by Gasteiger charge is 2.36. The molecule has 0 spiro atoms. The minimum atomic E-state index is 0.0173. The number of nitrogens with two attached hydrogens (primary N) is 1. The van der Waals surface area contributed by atoms with Crippen LogP contribution in [0.2, 0.25) is 0 Å². The average Bonchev–Trinajstić information content (AvgIpc) is 3.31. The van der Waals surface area contributed by atoms with Crippen LogP contribution in [-0.4, -0.2) is 69.1 Å². The van der Waals surface area contributed by atoms with Gasteiger partial charge in [0.1, 0.15) is 11.6 Å². The van der Waals surface area contributed by atoms with E-state index in [0.29, 0.717) is 0 Å². The van der Waals surface area contributed by atoms with Crippen molar-refractivity contribution in [2.75, 3.05) is 53.0 Å². The van der Waals surface area contributed by atoms with Crippen LogP contribution in [0, 0.1) is 0 Å². The maximum atomic E-state index is 6.00. The van der Waals surface area contributed by atoms with Crippen LogP contribution in [0.25, 0.3) is 0 Å². The van der Waals surface area contributed by atoms with E-state index in [2.05, 4.69) is 45.6 Å². The molecule has 2 saturated heterocycles. The molecule has 2 N–H and O–H groups in total. The topological polar surface area (TPSA) is 63.3 Å². The van der Waals surface area contributed by atoms with E-state index >= 15 is 0 Å². The van der Waals surface area contributed by atoms with Crippen molar-refractivity contribution < 1.29 is 9.47 Å². The van der Waals surface area contributed by atoms with Crippen molar-refractivity contribution in [1.82, 2.24) is 9.80 Å². The van der Waals surface area contributed by atoms with Gasteiger partial charge >= 0.3 is 0 Å². The Labute approximate surface area is 187 Å². The summed E-state index contributed by atoms with van der Waals surface area (Å²) in [6.45, 7) is 10.9. The second-order valence-electron chi connectivity index (χ2n) is 8.60. The lowest BCUT2D eigenvalue weighted by Crippen LogP contribution is -2.43. The minimum absolute atomic E-state index is 0.0173. The highest BCUT2D eigenvalue weighted by molar-refractivity contribution is 5.71. The summed E-state index contributed by atoms with van der Waals surface area (Å²) in [5, 5.41) is 0. The third-order valence-electron chi connectivity index (χ3n) is 6.40. The van der Waals surface area contributed by atoms with Crippen molar-refractivity contribution in [2.24, 2.45) is 10.7 Å². The maximum absolute atomic E-state index is 6.00. The molecule has 1 aromatic rings. The van der Waals surface area contributed by atoms with Crippen molar-refractivity contribution in [3.63, 3.8) is 0 Å². The van der Waals surface area contributed by atoms with E-state index in [1.165, 1.54) is 37.7 Å². The zero-order valence-corrected chi connectivity index (χ0v) is 19.0. The third-order valence-corrected chi connectivity index (χ3v) is 6.40. The Morgan fingerprint density at radius 1 is 1.26 bits per heavy atom. The predicted molar refractivity (Wildman–Crippen MR) is 128 cm³/mol. The van der Waals surface area contributed by atoms with Crippen LogP contribution in [0.3, 0.4) is 0 Å². The molecule has 2 fully saturated rings. The normalized spacial score (nSPS) is 19.3. The first-order chi connectivity index (χ1) is 15.1. The highest BCUT2D eigenvalue weighted by Crippen LogP contribution is 2.37. The summed E-state index contributed by atoms with van der Waals surface area (Å²) in [6, 6.07) is 8.67. The van der Waals surface area contributed by atoms with E-state index in [4.69, 9.17) is 15.2 Å². The lowest BCUT2D eigenvalue weighted by Gasteiger charge is -2.41. The molecule has 2 heterocycles. The van der Waals surface area contributed by atoms with Gasteiger partial charge in [-0.25, -0.2) is 4.99 Å². The van der Waals surface area contributed by atoms with Crippen molar-refractivity contribution in [3.05, 3.63) is 54.5 Å². The molecule has 0 aliphatic carbocycles. The fourth-order valence-electron chi connectivity index (χ4n) is 4.51. The summed E-state index contributed by atoms with van der Waals surface area (Å²) in [5.74, 6) is 1.67. The van der Waals surface area contributed by atoms with E-state index in [9.17, 15) is 0 Å². The van der Waals surface area contributed by atoms with Gasteiger partial charge in [0.2, 0.25) is 0 Å². The van der Waals surface area contributed by atoms with Gasteiger partial charge in [-0.05, 0) is 75.2 Å². The number of likely N-dealkylation sites (N-methyl/N-ethyl adjacent to an activating group) is 1. The van der Waals surface area contributed by atoms with Crippen molar-refractivity contribution in [3.8, 4) is 5.75 Å². The molecule has 0 bridgehead atoms. The van der Waals surface area contributed by atoms with Crippen LogP contribution >= 0.6 is 0 Å². The largest absolute Gasteiger partial charge is 0.494 e. The summed E-state index contributed by atoms with van der Waals surface area (Å²) in [4.78, 5) is 9.02. The van der Waals surface area contributed by atoms with Crippen molar-refractivity contribution in [2.45, 2.75) is 37.5 Å². The molecule has 170 valence electrons.